The maximum atomic E-state index is 13.3. The lowest BCUT2D eigenvalue weighted by Gasteiger charge is -2.47. The van der Waals surface area contributed by atoms with Crippen molar-refractivity contribution in [3.63, 3.8) is 0 Å². The fourth-order valence-corrected chi connectivity index (χ4v) is 5.43. The van der Waals surface area contributed by atoms with Crippen LogP contribution in [0, 0.1) is 0 Å². The number of carbonyl (C=O) groups is 1. The zero-order chi connectivity index (χ0) is 22.3. The third kappa shape index (κ3) is 3.90. The van der Waals surface area contributed by atoms with Crippen molar-refractivity contribution < 1.29 is 18.3 Å². The molecule has 1 saturated carbocycles. The van der Waals surface area contributed by atoms with E-state index in [9.17, 15) is 13.6 Å². The minimum Gasteiger partial charge on any atom is -0.465 e. The summed E-state index contributed by atoms with van der Waals surface area (Å²) in [5.41, 5.74) is 3.54. The molecule has 0 N–H and O–H groups in total. The Morgan fingerprint density at radius 2 is 1.94 bits per heavy atom. The molecule has 0 spiro atoms. The summed E-state index contributed by atoms with van der Waals surface area (Å²) in [5.74, 6) is -2.84. The SMILES string of the molecule is CCc1c(C(=O)OC)cc2c(cnn2C)c1N(CC)C1CCC(N2CC(F)(F)C2)CC1. The van der Waals surface area contributed by atoms with Gasteiger partial charge in [-0.25, -0.2) is 13.6 Å². The number of aryl methyl sites for hydroxylation is 1. The normalized spacial score (nSPS) is 23.5. The molecule has 6 nitrogen and oxygen atoms in total. The number of methoxy groups -OCH3 is 1. The van der Waals surface area contributed by atoms with Crippen molar-refractivity contribution in [3.8, 4) is 0 Å². The number of aromatic nitrogens is 2. The molecule has 1 aliphatic carbocycles. The Kier molecular flexibility index (Phi) is 5.94. The van der Waals surface area contributed by atoms with Gasteiger partial charge in [-0.15, -0.1) is 0 Å². The van der Waals surface area contributed by atoms with Crippen LogP contribution in [0.15, 0.2) is 12.3 Å². The quantitative estimate of drug-likeness (QED) is 0.643. The summed E-state index contributed by atoms with van der Waals surface area (Å²) in [7, 11) is 3.29. The predicted molar refractivity (Wildman–Crippen MR) is 117 cm³/mol. The molecule has 0 unspecified atom stereocenters. The minimum atomic E-state index is -2.51. The van der Waals surface area contributed by atoms with Crippen molar-refractivity contribution in [3.05, 3.63) is 23.4 Å². The van der Waals surface area contributed by atoms with Crippen LogP contribution in [0.5, 0.6) is 0 Å². The van der Waals surface area contributed by atoms with Crippen LogP contribution in [0.2, 0.25) is 0 Å². The maximum Gasteiger partial charge on any atom is 0.338 e. The lowest BCUT2D eigenvalue weighted by atomic mass is 9.86. The molecule has 2 heterocycles. The number of rotatable bonds is 6. The van der Waals surface area contributed by atoms with Crippen LogP contribution in [-0.2, 0) is 18.2 Å². The van der Waals surface area contributed by atoms with Gasteiger partial charge >= 0.3 is 5.97 Å². The molecule has 170 valence electrons. The van der Waals surface area contributed by atoms with E-state index < -0.39 is 5.92 Å². The van der Waals surface area contributed by atoms with E-state index in [1.54, 1.807) is 4.68 Å². The van der Waals surface area contributed by atoms with Crippen molar-refractivity contribution in [2.45, 2.75) is 64.0 Å². The Balaban J connectivity index is 1.65. The Morgan fingerprint density at radius 1 is 1.26 bits per heavy atom. The average Bonchev–Trinajstić information content (AvgIpc) is 3.12. The van der Waals surface area contributed by atoms with Crippen LogP contribution < -0.4 is 4.90 Å². The number of ether oxygens (including phenoxy) is 1. The highest BCUT2D eigenvalue weighted by molar-refractivity contribution is 6.03. The number of anilines is 1. The molecule has 0 bridgehead atoms. The second-order valence-corrected chi connectivity index (χ2v) is 8.81. The van der Waals surface area contributed by atoms with Gasteiger partial charge in [0.2, 0.25) is 0 Å². The summed E-state index contributed by atoms with van der Waals surface area (Å²) in [6, 6.07) is 2.44. The molecule has 0 amide bonds. The first-order valence-corrected chi connectivity index (χ1v) is 11.2. The monoisotopic (exact) mass is 434 g/mol. The zero-order valence-corrected chi connectivity index (χ0v) is 18.8. The van der Waals surface area contributed by atoms with Crippen LogP contribution in [0.4, 0.5) is 14.5 Å². The van der Waals surface area contributed by atoms with Gasteiger partial charge in [-0.2, -0.15) is 5.10 Å². The standard InChI is InChI=1S/C23H32F2N4O2/c1-5-17-18(22(30)31-4)11-20-19(12-26-27(20)3)21(17)29(6-2)16-9-7-15(8-10-16)28-13-23(24,25)14-28/h11-12,15-16H,5-10,13-14H2,1-4H3. The molecule has 8 heteroatoms. The third-order valence-electron chi connectivity index (χ3n) is 7.01. The number of carbonyl (C=O) groups excluding carboxylic acids is 1. The van der Waals surface area contributed by atoms with Gasteiger partial charge in [0.15, 0.2) is 0 Å². The number of hydrogen-bond donors (Lipinski definition) is 0. The number of likely N-dealkylation sites (tertiary alicyclic amines) is 1. The molecule has 2 fully saturated rings. The molecule has 1 aromatic heterocycles. The zero-order valence-electron chi connectivity index (χ0n) is 18.8. The molecule has 2 aliphatic rings. The number of hydrogen-bond acceptors (Lipinski definition) is 5. The van der Waals surface area contributed by atoms with E-state index in [1.165, 1.54) is 7.11 Å². The van der Waals surface area contributed by atoms with Crippen LogP contribution in [0.1, 0.15) is 55.5 Å². The van der Waals surface area contributed by atoms with Gasteiger partial charge in [0.25, 0.3) is 5.92 Å². The Bertz CT molecular complexity index is 958. The summed E-state index contributed by atoms with van der Waals surface area (Å²) in [6.45, 7) is 4.80. The van der Waals surface area contributed by atoms with E-state index in [-0.39, 0.29) is 25.1 Å². The van der Waals surface area contributed by atoms with Crippen molar-refractivity contribution in [1.82, 2.24) is 14.7 Å². The second kappa shape index (κ2) is 8.37. The lowest BCUT2D eigenvalue weighted by Crippen LogP contribution is -2.61. The fourth-order valence-electron chi connectivity index (χ4n) is 5.43. The molecule has 2 aromatic rings. The molecular formula is C23H32F2N4O2. The van der Waals surface area contributed by atoms with Gasteiger partial charge in [0, 0.05) is 31.1 Å². The number of esters is 1. The van der Waals surface area contributed by atoms with E-state index in [0.717, 1.165) is 54.4 Å². The third-order valence-corrected chi connectivity index (χ3v) is 7.01. The summed E-state index contributed by atoms with van der Waals surface area (Å²) < 4.78 is 33.5. The minimum absolute atomic E-state index is 0.0999. The molecular weight excluding hydrogens is 402 g/mol. The molecule has 0 atom stereocenters. The first kappa shape index (κ1) is 22.0. The van der Waals surface area contributed by atoms with Crippen molar-refractivity contribution >= 4 is 22.6 Å². The molecule has 31 heavy (non-hydrogen) atoms. The molecule has 0 radical (unpaired) electrons. The van der Waals surface area contributed by atoms with Crippen LogP contribution >= 0.6 is 0 Å². The van der Waals surface area contributed by atoms with Gasteiger partial charge in [-0.3, -0.25) is 9.58 Å². The number of nitrogens with zero attached hydrogens (tertiary/aromatic N) is 4. The lowest BCUT2D eigenvalue weighted by molar-refractivity contribution is -0.149. The molecule has 1 aromatic carbocycles. The molecule has 4 rings (SSSR count). The number of benzene rings is 1. The highest BCUT2D eigenvalue weighted by Gasteiger charge is 2.47. The Morgan fingerprint density at radius 3 is 2.48 bits per heavy atom. The highest BCUT2D eigenvalue weighted by Crippen LogP contribution is 2.40. The first-order valence-electron chi connectivity index (χ1n) is 11.2. The van der Waals surface area contributed by atoms with Gasteiger partial charge in [-0.1, -0.05) is 6.92 Å². The number of fused-ring (bicyclic) bond motifs is 1. The van der Waals surface area contributed by atoms with Crippen molar-refractivity contribution in [2.24, 2.45) is 7.05 Å². The first-order chi connectivity index (χ1) is 14.8. The van der Waals surface area contributed by atoms with E-state index in [2.05, 4.69) is 23.8 Å². The fraction of sp³-hybridized carbons (Fsp3) is 0.652. The number of alkyl halides is 2. The predicted octanol–water partition coefficient (Wildman–Crippen LogP) is 4.01. The molecule has 1 saturated heterocycles. The van der Waals surface area contributed by atoms with Gasteiger partial charge in [0.1, 0.15) is 0 Å². The number of halogens is 2. The summed E-state index contributed by atoms with van der Waals surface area (Å²) in [4.78, 5) is 16.9. The van der Waals surface area contributed by atoms with Crippen molar-refractivity contribution in [2.75, 3.05) is 31.6 Å². The van der Waals surface area contributed by atoms with E-state index in [1.807, 2.05) is 24.2 Å². The van der Waals surface area contributed by atoms with Gasteiger partial charge < -0.3 is 9.64 Å². The summed E-state index contributed by atoms with van der Waals surface area (Å²) in [6.07, 6.45) is 6.33. The van der Waals surface area contributed by atoms with E-state index in [4.69, 9.17) is 4.74 Å². The highest BCUT2D eigenvalue weighted by atomic mass is 19.3. The topological polar surface area (TPSA) is 50.6 Å². The summed E-state index contributed by atoms with van der Waals surface area (Å²) in [5, 5.41) is 5.49. The smallest absolute Gasteiger partial charge is 0.338 e. The van der Waals surface area contributed by atoms with Crippen LogP contribution in [0.25, 0.3) is 10.9 Å². The van der Waals surface area contributed by atoms with Crippen molar-refractivity contribution in [1.29, 1.82) is 0 Å². The van der Waals surface area contributed by atoms with E-state index >= 15 is 0 Å². The van der Waals surface area contributed by atoms with Gasteiger partial charge in [0.05, 0.1) is 43.2 Å². The van der Waals surface area contributed by atoms with E-state index in [0.29, 0.717) is 18.0 Å². The maximum absolute atomic E-state index is 13.3. The largest absolute Gasteiger partial charge is 0.465 e. The Labute approximate surface area is 182 Å². The van der Waals surface area contributed by atoms with Crippen LogP contribution in [-0.4, -0.2) is 65.4 Å². The molecule has 1 aliphatic heterocycles. The summed E-state index contributed by atoms with van der Waals surface area (Å²) >= 11 is 0. The van der Waals surface area contributed by atoms with Gasteiger partial charge in [-0.05, 0) is 50.7 Å². The Hall–Kier alpha value is -2.22. The van der Waals surface area contributed by atoms with Crippen LogP contribution in [0.3, 0.4) is 0 Å². The average molecular weight is 435 g/mol. The second-order valence-electron chi connectivity index (χ2n) is 8.81.